The van der Waals surface area contributed by atoms with Crippen LogP contribution in [-0.4, -0.2) is 39.2 Å². The smallest absolute Gasteiger partial charge is 0.325 e. The predicted octanol–water partition coefficient (Wildman–Crippen LogP) is 1.97. The van der Waals surface area contributed by atoms with Crippen molar-refractivity contribution in [3.8, 4) is 5.75 Å². The van der Waals surface area contributed by atoms with Crippen molar-refractivity contribution >= 4 is 23.5 Å². The van der Waals surface area contributed by atoms with Crippen molar-refractivity contribution in [1.82, 2.24) is 9.78 Å². The number of ketones is 1. The lowest BCUT2D eigenvalue weighted by atomic mass is 10.1. The first kappa shape index (κ1) is 18.2. The number of nitrogens with zero attached hydrogens (tertiary/aromatic N) is 2. The largest absolute Gasteiger partial charge is 0.494 e. The summed E-state index contributed by atoms with van der Waals surface area (Å²) < 4.78 is 6.75. The van der Waals surface area contributed by atoms with Crippen molar-refractivity contribution in [3.05, 3.63) is 42.1 Å². The van der Waals surface area contributed by atoms with Gasteiger partial charge in [-0.3, -0.25) is 19.1 Å². The maximum absolute atomic E-state index is 11.8. The molecule has 0 saturated carbocycles. The van der Waals surface area contributed by atoms with E-state index in [4.69, 9.17) is 9.84 Å². The van der Waals surface area contributed by atoms with Crippen molar-refractivity contribution in [2.24, 2.45) is 0 Å². The second-order valence-corrected chi connectivity index (χ2v) is 5.38. The molecule has 1 aromatic carbocycles. The van der Waals surface area contributed by atoms with Gasteiger partial charge in [0.2, 0.25) is 5.91 Å². The summed E-state index contributed by atoms with van der Waals surface area (Å²) in [5, 5.41) is 15.2. The second-order valence-electron chi connectivity index (χ2n) is 5.38. The monoisotopic (exact) mass is 345 g/mol. The Balaban J connectivity index is 1.72. The highest BCUT2D eigenvalue weighted by molar-refractivity contribution is 5.94. The standard InChI is InChI=1S/C17H19N3O5/c1-12(21)13-4-2-5-14(10-13)25-9-3-6-16(22)18-15-7-8-20(19-15)11-17(23)24/h2,4-5,7-8,10H,3,6,9,11H2,1H3,(H,23,24)(H,18,19,22). The summed E-state index contributed by atoms with van der Waals surface area (Å²) in [5.74, 6) is -0.386. The number of Topliss-reactive ketones (excluding diaryl/α,β-unsaturated/α-hetero) is 1. The Hall–Kier alpha value is -3.16. The summed E-state index contributed by atoms with van der Waals surface area (Å²) in [4.78, 5) is 33.7. The van der Waals surface area contributed by atoms with E-state index in [-0.39, 0.29) is 24.7 Å². The van der Waals surface area contributed by atoms with E-state index in [0.717, 1.165) is 0 Å². The fourth-order valence-corrected chi connectivity index (χ4v) is 2.09. The van der Waals surface area contributed by atoms with Gasteiger partial charge in [-0.1, -0.05) is 12.1 Å². The van der Waals surface area contributed by atoms with Crippen LogP contribution in [-0.2, 0) is 16.1 Å². The molecule has 0 saturated heterocycles. The number of carbonyl (C=O) groups excluding carboxylic acids is 2. The van der Waals surface area contributed by atoms with Gasteiger partial charge in [0.15, 0.2) is 11.6 Å². The first-order valence-corrected chi connectivity index (χ1v) is 7.73. The van der Waals surface area contributed by atoms with Crippen molar-refractivity contribution < 1.29 is 24.2 Å². The van der Waals surface area contributed by atoms with E-state index >= 15 is 0 Å². The second kappa shape index (κ2) is 8.62. The van der Waals surface area contributed by atoms with Gasteiger partial charge >= 0.3 is 5.97 Å². The minimum atomic E-state index is -1.01. The van der Waals surface area contributed by atoms with E-state index in [2.05, 4.69) is 10.4 Å². The molecule has 25 heavy (non-hydrogen) atoms. The first-order valence-electron chi connectivity index (χ1n) is 7.73. The average Bonchev–Trinajstić information content (AvgIpc) is 2.98. The zero-order valence-corrected chi connectivity index (χ0v) is 13.8. The molecule has 0 fully saturated rings. The Morgan fingerprint density at radius 3 is 2.80 bits per heavy atom. The molecule has 0 unspecified atom stereocenters. The Labute approximate surface area is 144 Å². The Bertz CT molecular complexity index is 769. The van der Waals surface area contributed by atoms with Gasteiger partial charge in [0.05, 0.1) is 6.61 Å². The van der Waals surface area contributed by atoms with Gasteiger partial charge in [-0.05, 0) is 25.5 Å². The van der Waals surface area contributed by atoms with Crippen LogP contribution in [0.1, 0.15) is 30.1 Å². The fourth-order valence-electron chi connectivity index (χ4n) is 2.09. The molecule has 0 radical (unpaired) electrons. The summed E-state index contributed by atoms with van der Waals surface area (Å²) in [6, 6.07) is 8.40. The number of aromatic nitrogens is 2. The van der Waals surface area contributed by atoms with Crippen molar-refractivity contribution in [1.29, 1.82) is 0 Å². The summed E-state index contributed by atoms with van der Waals surface area (Å²) in [5.41, 5.74) is 0.576. The van der Waals surface area contributed by atoms with Crippen LogP contribution in [0.2, 0.25) is 0 Å². The normalized spacial score (nSPS) is 10.3. The van der Waals surface area contributed by atoms with Crippen LogP contribution in [0.5, 0.6) is 5.75 Å². The third-order valence-corrected chi connectivity index (χ3v) is 3.26. The van der Waals surface area contributed by atoms with Gasteiger partial charge in [-0.25, -0.2) is 0 Å². The van der Waals surface area contributed by atoms with Gasteiger partial charge in [0.25, 0.3) is 0 Å². The number of carboxylic acid groups (broad SMARTS) is 1. The molecule has 0 aliphatic heterocycles. The first-order chi connectivity index (χ1) is 11.9. The highest BCUT2D eigenvalue weighted by Gasteiger charge is 2.07. The molecule has 1 heterocycles. The number of hydrogen-bond donors (Lipinski definition) is 2. The van der Waals surface area contributed by atoms with Crippen molar-refractivity contribution in [2.75, 3.05) is 11.9 Å². The summed E-state index contributed by atoms with van der Waals surface area (Å²) in [7, 11) is 0. The summed E-state index contributed by atoms with van der Waals surface area (Å²) >= 11 is 0. The number of nitrogens with one attached hydrogen (secondary N) is 1. The molecule has 2 N–H and O–H groups in total. The summed E-state index contributed by atoms with van der Waals surface area (Å²) in [6.45, 7) is 1.56. The van der Waals surface area contributed by atoms with E-state index in [1.165, 1.54) is 23.9 Å². The zero-order chi connectivity index (χ0) is 18.2. The molecule has 0 spiro atoms. The SMILES string of the molecule is CC(=O)c1cccc(OCCCC(=O)Nc2ccn(CC(=O)O)n2)c1. The van der Waals surface area contributed by atoms with E-state index in [0.29, 0.717) is 30.2 Å². The summed E-state index contributed by atoms with van der Waals surface area (Å²) in [6.07, 6.45) is 2.21. The lowest BCUT2D eigenvalue weighted by Crippen LogP contribution is -2.14. The number of aliphatic carboxylic acids is 1. The van der Waals surface area contributed by atoms with Gasteiger partial charge in [0.1, 0.15) is 12.3 Å². The van der Waals surface area contributed by atoms with Crippen molar-refractivity contribution in [2.45, 2.75) is 26.3 Å². The number of carbonyl (C=O) groups is 3. The lowest BCUT2D eigenvalue weighted by molar-refractivity contribution is -0.137. The quantitative estimate of drug-likeness (QED) is 0.531. The number of rotatable bonds is 9. The Kier molecular flexibility index (Phi) is 6.27. The third kappa shape index (κ3) is 6.09. The van der Waals surface area contributed by atoms with Crippen LogP contribution in [0.4, 0.5) is 5.82 Å². The predicted molar refractivity (Wildman–Crippen MR) is 89.7 cm³/mol. The Morgan fingerprint density at radius 2 is 2.08 bits per heavy atom. The number of ether oxygens (including phenoxy) is 1. The van der Waals surface area contributed by atoms with Crippen molar-refractivity contribution in [3.63, 3.8) is 0 Å². The van der Waals surface area contributed by atoms with E-state index in [1.54, 1.807) is 24.3 Å². The third-order valence-electron chi connectivity index (χ3n) is 3.26. The maximum Gasteiger partial charge on any atom is 0.325 e. The molecule has 1 amide bonds. The van der Waals surface area contributed by atoms with E-state index < -0.39 is 5.97 Å². The molecule has 0 aliphatic rings. The number of carboxylic acids is 1. The number of anilines is 1. The fraction of sp³-hybridized carbons (Fsp3) is 0.294. The Morgan fingerprint density at radius 1 is 1.28 bits per heavy atom. The van der Waals surface area contributed by atoms with Gasteiger partial charge < -0.3 is 15.2 Å². The lowest BCUT2D eigenvalue weighted by Gasteiger charge is -2.07. The molecule has 8 heteroatoms. The van der Waals surface area contributed by atoms with Crippen LogP contribution in [0.25, 0.3) is 0 Å². The molecular formula is C17H19N3O5. The molecule has 2 rings (SSSR count). The van der Waals surface area contributed by atoms with Crippen LogP contribution in [0.3, 0.4) is 0 Å². The van der Waals surface area contributed by atoms with Crippen LogP contribution >= 0.6 is 0 Å². The van der Waals surface area contributed by atoms with Crippen LogP contribution < -0.4 is 10.1 Å². The topological polar surface area (TPSA) is 111 Å². The molecule has 1 aromatic heterocycles. The van der Waals surface area contributed by atoms with E-state index in [1.807, 2.05) is 0 Å². The molecule has 0 aliphatic carbocycles. The van der Waals surface area contributed by atoms with Gasteiger partial charge in [-0.15, -0.1) is 0 Å². The molecular weight excluding hydrogens is 326 g/mol. The minimum Gasteiger partial charge on any atom is -0.494 e. The zero-order valence-electron chi connectivity index (χ0n) is 13.8. The number of benzene rings is 1. The average molecular weight is 345 g/mol. The number of amides is 1. The molecule has 8 nitrogen and oxygen atoms in total. The van der Waals surface area contributed by atoms with Gasteiger partial charge in [-0.2, -0.15) is 5.10 Å². The highest BCUT2D eigenvalue weighted by atomic mass is 16.5. The number of hydrogen-bond acceptors (Lipinski definition) is 5. The molecule has 0 bridgehead atoms. The highest BCUT2D eigenvalue weighted by Crippen LogP contribution is 2.14. The molecule has 132 valence electrons. The molecule has 2 aromatic rings. The van der Waals surface area contributed by atoms with Crippen LogP contribution in [0, 0.1) is 0 Å². The minimum absolute atomic E-state index is 0.0350. The molecule has 0 atom stereocenters. The maximum atomic E-state index is 11.8. The van der Waals surface area contributed by atoms with E-state index in [9.17, 15) is 14.4 Å². The van der Waals surface area contributed by atoms with Gasteiger partial charge in [0, 0.05) is 24.2 Å². The van der Waals surface area contributed by atoms with Crippen LogP contribution in [0.15, 0.2) is 36.5 Å².